The van der Waals surface area contributed by atoms with Gasteiger partial charge in [-0.05, 0) is 6.07 Å². The highest BCUT2D eigenvalue weighted by molar-refractivity contribution is 5.99. The van der Waals surface area contributed by atoms with Gasteiger partial charge in [0.2, 0.25) is 0 Å². The van der Waals surface area contributed by atoms with Crippen molar-refractivity contribution in [1.82, 2.24) is 34.5 Å². The maximum atomic E-state index is 12.9. The number of hydrogen-bond donors (Lipinski definition) is 3. The molecule has 0 spiro atoms. The van der Waals surface area contributed by atoms with Gasteiger partial charge in [-0.3, -0.25) is 9.48 Å². The van der Waals surface area contributed by atoms with Crippen molar-refractivity contribution in [2.24, 2.45) is 7.05 Å². The summed E-state index contributed by atoms with van der Waals surface area (Å²) < 4.78 is 9.57. The minimum Gasteiger partial charge on any atom is -0.390 e. The van der Waals surface area contributed by atoms with Crippen LogP contribution in [0.25, 0.3) is 22.3 Å². The minimum atomic E-state index is -0.900. The molecule has 3 aromatic rings. The number of nitrogens with one attached hydrogen (secondary N) is 1. The fourth-order valence-corrected chi connectivity index (χ4v) is 4.19. The Morgan fingerprint density at radius 3 is 2.87 bits per heavy atom. The van der Waals surface area contributed by atoms with Gasteiger partial charge in [-0.25, -0.2) is 9.97 Å². The summed E-state index contributed by atoms with van der Waals surface area (Å²) in [4.78, 5) is 23.1. The van der Waals surface area contributed by atoms with Gasteiger partial charge in [-0.1, -0.05) is 0 Å². The van der Waals surface area contributed by atoms with Crippen LogP contribution in [0.5, 0.6) is 0 Å². The first-order chi connectivity index (χ1) is 14.5. The van der Waals surface area contributed by atoms with E-state index in [9.17, 15) is 9.90 Å². The number of aryl methyl sites for hydroxylation is 1. The average molecular weight is 412 g/mol. The van der Waals surface area contributed by atoms with E-state index in [0.29, 0.717) is 29.9 Å². The molecule has 2 fully saturated rings. The van der Waals surface area contributed by atoms with E-state index in [0.717, 1.165) is 24.3 Å². The topological polar surface area (TPSA) is 136 Å². The molecule has 3 aromatic heterocycles. The molecule has 0 unspecified atom stereocenters. The van der Waals surface area contributed by atoms with Gasteiger partial charge >= 0.3 is 0 Å². The third kappa shape index (κ3) is 3.11. The zero-order chi connectivity index (χ0) is 20.8. The lowest BCUT2D eigenvalue weighted by molar-refractivity contribution is -0.149. The number of nitrogens with zero attached hydrogens (tertiary/aromatic N) is 6. The van der Waals surface area contributed by atoms with E-state index in [2.05, 4.69) is 20.4 Å². The number of carbonyl (C=O) groups is 1. The number of aromatic nitrogens is 5. The Morgan fingerprint density at radius 1 is 1.33 bits per heavy atom. The molecule has 11 heteroatoms. The number of carbonyl (C=O) groups excluding carboxylic acids is 1. The van der Waals surface area contributed by atoms with Crippen LogP contribution in [0.3, 0.4) is 0 Å². The van der Waals surface area contributed by atoms with Gasteiger partial charge in [0.25, 0.3) is 5.91 Å². The predicted molar refractivity (Wildman–Crippen MR) is 108 cm³/mol. The summed E-state index contributed by atoms with van der Waals surface area (Å²) in [5.74, 6) is 0.161. The summed E-state index contributed by atoms with van der Waals surface area (Å²) in [5.41, 5.74) is 8.24. The third-order valence-electron chi connectivity index (χ3n) is 5.71. The van der Waals surface area contributed by atoms with E-state index < -0.39 is 18.4 Å². The van der Waals surface area contributed by atoms with Crippen molar-refractivity contribution in [1.29, 1.82) is 0 Å². The molecule has 0 saturated carbocycles. The SMILES string of the molecule is Cn1ccc(-c2cn([C@H]3C[C@H](O)[C@@H](C(=O)N4CCNCC4)O3)c3ncnc(N)c23)n1. The number of piperazine rings is 1. The smallest absolute Gasteiger partial charge is 0.254 e. The monoisotopic (exact) mass is 412 g/mol. The minimum absolute atomic E-state index is 0.179. The fourth-order valence-electron chi connectivity index (χ4n) is 4.19. The molecule has 11 nitrogen and oxygen atoms in total. The fraction of sp³-hybridized carbons (Fsp3) is 0.474. The number of rotatable bonds is 3. The van der Waals surface area contributed by atoms with Gasteiger partial charge in [0.1, 0.15) is 24.0 Å². The normalized spacial score (nSPS) is 24.6. The first kappa shape index (κ1) is 19.0. The van der Waals surface area contributed by atoms with Crippen LogP contribution >= 0.6 is 0 Å². The summed E-state index contributed by atoms with van der Waals surface area (Å²) in [7, 11) is 1.84. The molecule has 2 aliphatic rings. The zero-order valence-corrected chi connectivity index (χ0v) is 16.6. The van der Waals surface area contributed by atoms with Crippen molar-refractivity contribution in [3.05, 3.63) is 24.8 Å². The Labute approximate surface area is 172 Å². The Morgan fingerprint density at radius 2 is 2.13 bits per heavy atom. The molecule has 2 saturated heterocycles. The molecule has 1 amide bonds. The molecule has 0 aromatic carbocycles. The van der Waals surface area contributed by atoms with E-state index in [1.54, 1.807) is 9.58 Å². The lowest BCUT2D eigenvalue weighted by Gasteiger charge is -2.30. The van der Waals surface area contributed by atoms with E-state index in [1.165, 1.54) is 6.33 Å². The van der Waals surface area contributed by atoms with Gasteiger partial charge in [-0.15, -0.1) is 0 Å². The highest BCUT2D eigenvalue weighted by atomic mass is 16.5. The van der Waals surface area contributed by atoms with Crippen molar-refractivity contribution >= 4 is 22.8 Å². The number of aliphatic hydroxyl groups is 1. The molecule has 3 atom stereocenters. The molecular weight excluding hydrogens is 388 g/mol. The number of hydrogen-bond acceptors (Lipinski definition) is 8. The highest BCUT2D eigenvalue weighted by Gasteiger charge is 2.42. The summed E-state index contributed by atoms with van der Waals surface area (Å²) in [5, 5.41) is 19.0. The molecule has 0 aliphatic carbocycles. The van der Waals surface area contributed by atoms with E-state index in [4.69, 9.17) is 10.5 Å². The van der Waals surface area contributed by atoms with Crippen molar-refractivity contribution in [3.63, 3.8) is 0 Å². The predicted octanol–water partition coefficient (Wildman–Crippen LogP) is -0.506. The second-order valence-corrected chi connectivity index (χ2v) is 7.67. The van der Waals surface area contributed by atoms with Crippen molar-refractivity contribution in [3.8, 4) is 11.3 Å². The van der Waals surface area contributed by atoms with Crippen molar-refractivity contribution in [2.75, 3.05) is 31.9 Å². The third-order valence-corrected chi connectivity index (χ3v) is 5.71. The van der Waals surface area contributed by atoms with Crippen LogP contribution in [0.4, 0.5) is 5.82 Å². The van der Waals surface area contributed by atoms with Crippen LogP contribution in [0.15, 0.2) is 24.8 Å². The Hall–Kier alpha value is -3.02. The lowest BCUT2D eigenvalue weighted by Crippen LogP contribution is -2.51. The molecule has 4 N–H and O–H groups in total. The Kier molecular flexibility index (Phi) is 4.65. The van der Waals surface area contributed by atoms with Gasteiger partial charge in [0.15, 0.2) is 6.10 Å². The van der Waals surface area contributed by atoms with Gasteiger partial charge in [-0.2, -0.15) is 5.10 Å². The number of nitrogens with two attached hydrogens (primary N) is 1. The molecule has 5 heterocycles. The van der Waals surface area contributed by atoms with Crippen LogP contribution in [0, 0.1) is 0 Å². The summed E-state index contributed by atoms with van der Waals surface area (Å²) in [6.45, 7) is 2.69. The molecule has 2 aliphatic heterocycles. The molecule has 0 bridgehead atoms. The Balaban J connectivity index is 1.49. The van der Waals surface area contributed by atoms with Crippen molar-refractivity contribution in [2.45, 2.75) is 24.9 Å². The van der Waals surface area contributed by atoms with E-state index in [-0.39, 0.29) is 12.3 Å². The van der Waals surface area contributed by atoms with Gasteiger partial charge in [0.05, 0.1) is 17.2 Å². The number of ether oxygens (including phenoxy) is 1. The van der Waals surface area contributed by atoms with Crippen LogP contribution in [0.2, 0.25) is 0 Å². The van der Waals surface area contributed by atoms with E-state index in [1.807, 2.05) is 30.1 Å². The first-order valence-electron chi connectivity index (χ1n) is 9.97. The van der Waals surface area contributed by atoms with Crippen LogP contribution < -0.4 is 11.1 Å². The Bertz CT molecular complexity index is 1090. The maximum absolute atomic E-state index is 12.9. The molecule has 30 heavy (non-hydrogen) atoms. The highest BCUT2D eigenvalue weighted by Crippen LogP contribution is 2.37. The van der Waals surface area contributed by atoms with Gasteiger partial charge in [0, 0.05) is 57.6 Å². The standard InChI is InChI=1S/C19H24N8O3/c1-25-5-2-12(24-25)11-9-27(18-15(11)17(20)22-10-23-18)14-8-13(28)16(30-14)19(29)26-6-3-21-4-7-26/h2,5,9-10,13-14,16,21,28H,3-4,6-8H2,1H3,(H2,20,22,23)/t13-,14+,16-/m0/s1. The van der Waals surface area contributed by atoms with Crippen LogP contribution in [-0.4, -0.2) is 78.6 Å². The summed E-state index contributed by atoms with van der Waals surface area (Å²) in [6, 6.07) is 1.88. The second kappa shape index (κ2) is 7.35. The van der Waals surface area contributed by atoms with Crippen LogP contribution in [-0.2, 0) is 16.6 Å². The number of fused-ring (bicyclic) bond motifs is 1. The van der Waals surface area contributed by atoms with Crippen LogP contribution in [0.1, 0.15) is 12.6 Å². The van der Waals surface area contributed by atoms with E-state index >= 15 is 0 Å². The second-order valence-electron chi connectivity index (χ2n) is 7.67. The average Bonchev–Trinajstić information content (AvgIpc) is 3.45. The lowest BCUT2D eigenvalue weighted by atomic mass is 10.1. The maximum Gasteiger partial charge on any atom is 0.254 e. The van der Waals surface area contributed by atoms with Crippen molar-refractivity contribution < 1.29 is 14.6 Å². The zero-order valence-electron chi connectivity index (χ0n) is 16.6. The molecular formula is C19H24N8O3. The largest absolute Gasteiger partial charge is 0.390 e. The summed E-state index contributed by atoms with van der Waals surface area (Å²) in [6.07, 6.45) is 3.02. The molecule has 158 valence electrons. The van der Waals surface area contributed by atoms with Gasteiger partial charge < -0.3 is 30.4 Å². The summed E-state index contributed by atoms with van der Waals surface area (Å²) >= 11 is 0. The number of nitrogen functional groups attached to an aromatic ring is 1. The number of anilines is 1. The number of amides is 1. The number of aliphatic hydroxyl groups excluding tert-OH is 1. The quantitative estimate of drug-likeness (QED) is 0.523. The molecule has 5 rings (SSSR count). The molecule has 0 radical (unpaired) electrons. The first-order valence-corrected chi connectivity index (χ1v) is 9.97.